The molecule has 1 aliphatic carbocycles. The van der Waals surface area contributed by atoms with E-state index in [9.17, 15) is 24.0 Å². The van der Waals surface area contributed by atoms with Crippen molar-refractivity contribution in [2.75, 3.05) is 12.3 Å². The van der Waals surface area contributed by atoms with Crippen LogP contribution in [0, 0.1) is 5.92 Å². The maximum atomic E-state index is 13.8. The van der Waals surface area contributed by atoms with E-state index in [0.717, 1.165) is 28.9 Å². The molecule has 40 heavy (non-hydrogen) atoms. The van der Waals surface area contributed by atoms with Gasteiger partial charge in [0.05, 0.1) is 11.8 Å². The van der Waals surface area contributed by atoms with Crippen molar-refractivity contribution in [2.24, 2.45) is 5.92 Å². The Kier molecular flexibility index (Phi) is 8.75. The molecule has 210 valence electrons. The third kappa shape index (κ3) is 6.85. The first-order chi connectivity index (χ1) is 19.3. The number of thioether (sulfide) groups is 1. The Bertz CT molecular complexity index is 1320. The highest BCUT2D eigenvalue weighted by Crippen LogP contribution is 2.27. The Morgan fingerprint density at radius 3 is 2.42 bits per heavy atom. The van der Waals surface area contributed by atoms with E-state index >= 15 is 0 Å². The predicted octanol–water partition coefficient (Wildman–Crippen LogP) is 2.24. The van der Waals surface area contributed by atoms with E-state index in [1.807, 2.05) is 36.4 Å². The van der Waals surface area contributed by atoms with E-state index in [4.69, 9.17) is 11.6 Å². The van der Waals surface area contributed by atoms with Gasteiger partial charge in [0.2, 0.25) is 23.5 Å². The van der Waals surface area contributed by atoms with Crippen LogP contribution in [0.15, 0.2) is 53.4 Å². The SMILES string of the molecule is O=C(NC1CC1)C(=O)[C@H](C[C@@H]1CCNC1=O)NC(=O)[C@@H]1Cc2ccccc2CN1C(=O)CSc1ccc(Cl)cc1. The van der Waals surface area contributed by atoms with Gasteiger partial charge in [0.25, 0.3) is 5.91 Å². The summed E-state index contributed by atoms with van der Waals surface area (Å²) in [6.07, 6.45) is 2.45. The molecule has 2 heterocycles. The molecule has 0 radical (unpaired) electrons. The summed E-state index contributed by atoms with van der Waals surface area (Å²) in [5, 5.41) is 8.78. The molecule has 4 amide bonds. The number of halogens is 1. The topological polar surface area (TPSA) is 125 Å². The number of nitrogens with one attached hydrogen (secondary N) is 3. The fraction of sp³-hybridized carbons (Fsp3) is 0.414. The Morgan fingerprint density at radius 1 is 1.02 bits per heavy atom. The third-order valence-electron chi connectivity index (χ3n) is 7.50. The van der Waals surface area contributed by atoms with Crippen LogP contribution < -0.4 is 16.0 Å². The smallest absolute Gasteiger partial charge is 0.289 e. The summed E-state index contributed by atoms with van der Waals surface area (Å²) in [6.45, 7) is 0.736. The summed E-state index contributed by atoms with van der Waals surface area (Å²) >= 11 is 7.32. The van der Waals surface area contributed by atoms with Crippen LogP contribution in [-0.4, -0.2) is 64.7 Å². The highest BCUT2D eigenvalue weighted by molar-refractivity contribution is 8.00. The van der Waals surface area contributed by atoms with E-state index < -0.39 is 35.6 Å². The molecule has 1 saturated carbocycles. The lowest BCUT2D eigenvalue weighted by atomic mass is 9.92. The lowest BCUT2D eigenvalue weighted by Crippen LogP contribution is -2.57. The quantitative estimate of drug-likeness (QED) is 0.292. The van der Waals surface area contributed by atoms with Crippen molar-refractivity contribution in [1.29, 1.82) is 0 Å². The molecule has 3 atom stereocenters. The number of hydrogen-bond donors (Lipinski definition) is 3. The molecule has 0 aromatic heterocycles. The van der Waals surface area contributed by atoms with Crippen LogP contribution in [0.4, 0.5) is 0 Å². The summed E-state index contributed by atoms with van der Waals surface area (Å²) in [4.78, 5) is 67.7. The van der Waals surface area contributed by atoms with Crippen molar-refractivity contribution in [1.82, 2.24) is 20.9 Å². The number of rotatable bonds is 10. The minimum atomic E-state index is -1.17. The van der Waals surface area contributed by atoms with Crippen LogP contribution in [0.2, 0.25) is 5.02 Å². The Hall–Kier alpha value is -3.37. The predicted molar refractivity (Wildman–Crippen MR) is 150 cm³/mol. The molecule has 11 heteroatoms. The van der Waals surface area contributed by atoms with Crippen LogP contribution in [0.3, 0.4) is 0 Å². The fourth-order valence-corrected chi connectivity index (χ4v) is 5.98. The van der Waals surface area contributed by atoms with Crippen molar-refractivity contribution in [2.45, 2.75) is 61.7 Å². The average molecular weight is 583 g/mol. The lowest BCUT2D eigenvalue weighted by Gasteiger charge is -2.36. The van der Waals surface area contributed by atoms with Gasteiger partial charge >= 0.3 is 0 Å². The third-order valence-corrected chi connectivity index (χ3v) is 8.75. The molecule has 3 aliphatic rings. The molecule has 2 aliphatic heterocycles. The Labute approximate surface area is 241 Å². The van der Waals surface area contributed by atoms with Gasteiger partial charge < -0.3 is 20.9 Å². The van der Waals surface area contributed by atoms with Crippen LogP contribution in [-0.2, 0) is 36.9 Å². The highest BCUT2D eigenvalue weighted by atomic mass is 35.5. The minimum Gasteiger partial charge on any atom is -0.356 e. The van der Waals surface area contributed by atoms with Gasteiger partial charge in [-0.15, -0.1) is 11.8 Å². The zero-order chi connectivity index (χ0) is 28.2. The zero-order valence-electron chi connectivity index (χ0n) is 21.9. The van der Waals surface area contributed by atoms with Gasteiger partial charge in [-0.2, -0.15) is 0 Å². The molecule has 0 unspecified atom stereocenters. The molecule has 5 rings (SSSR count). The van der Waals surface area contributed by atoms with Crippen molar-refractivity contribution in [3.8, 4) is 0 Å². The molecule has 0 bridgehead atoms. The van der Waals surface area contributed by atoms with E-state index in [-0.39, 0.29) is 43.0 Å². The second kappa shape index (κ2) is 12.4. The van der Waals surface area contributed by atoms with Crippen molar-refractivity contribution in [3.63, 3.8) is 0 Å². The van der Waals surface area contributed by atoms with Crippen molar-refractivity contribution >= 4 is 52.8 Å². The van der Waals surface area contributed by atoms with Gasteiger partial charge in [0.15, 0.2) is 0 Å². The van der Waals surface area contributed by atoms with Gasteiger partial charge in [-0.05, 0) is 61.1 Å². The number of carbonyl (C=O) groups is 5. The first-order valence-electron chi connectivity index (χ1n) is 13.5. The molecular formula is C29H31ClN4O5S. The maximum Gasteiger partial charge on any atom is 0.289 e. The number of nitrogens with zero attached hydrogens (tertiary/aromatic N) is 1. The van der Waals surface area contributed by atoms with Gasteiger partial charge in [-0.25, -0.2) is 0 Å². The van der Waals surface area contributed by atoms with Gasteiger partial charge in [0, 0.05) is 41.4 Å². The van der Waals surface area contributed by atoms with Crippen LogP contribution >= 0.6 is 23.4 Å². The lowest BCUT2D eigenvalue weighted by molar-refractivity contribution is -0.143. The van der Waals surface area contributed by atoms with Gasteiger partial charge in [0.1, 0.15) is 6.04 Å². The number of hydrogen-bond acceptors (Lipinski definition) is 6. The summed E-state index contributed by atoms with van der Waals surface area (Å²) < 4.78 is 0. The Balaban J connectivity index is 1.33. The number of ketones is 1. The zero-order valence-corrected chi connectivity index (χ0v) is 23.4. The second-order valence-electron chi connectivity index (χ2n) is 10.4. The molecule has 9 nitrogen and oxygen atoms in total. The van der Waals surface area contributed by atoms with E-state index in [2.05, 4.69) is 16.0 Å². The van der Waals surface area contributed by atoms with Gasteiger partial charge in [-0.1, -0.05) is 35.9 Å². The van der Waals surface area contributed by atoms with Crippen molar-refractivity contribution in [3.05, 3.63) is 64.7 Å². The molecule has 1 saturated heterocycles. The molecule has 2 fully saturated rings. The summed E-state index contributed by atoms with van der Waals surface area (Å²) in [6, 6.07) is 12.7. The molecule has 0 spiro atoms. The molecule has 3 N–H and O–H groups in total. The highest BCUT2D eigenvalue weighted by Gasteiger charge is 2.39. The van der Waals surface area contributed by atoms with E-state index in [1.54, 1.807) is 12.1 Å². The number of Topliss-reactive ketones (excluding diaryl/α,β-unsaturated/α-hetero) is 1. The second-order valence-corrected chi connectivity index (χ2v) is 11.9. The number of carbonyl (C=O) groups excluding carboxylic acids is 5. The summed E-state index contributed by atoms with van der Waals surface area (Å²) in [7, 11) is 0. The first-order valence-corrected chi connectivity index (χ1v) is 14.8. The Morgan fingerprint density at radius 2 is 1.75 bits per heavy atom. The summed E-state index contributed by atoms with van der Waals surface area (Å²) in [5.74, 6) is -2.84. The average Bonchev–Trinajstić information content (AvgIpc) is 3.69. The number of benzene rings is 2. The standard InChI is InChI=1S/C29H31ClN4O5S/c30-20-5-9-22(10-6-20)40-16-25(35)34-15-19-4-2-1-3-17(19)14-24(34)28(38)33-23(13-18-11-12-31-27(18)37)26(36)29(39)32-21-7-8-21/h1-6,9-10,18,21,23-24H,7-8,11-16H2,(H,31,37)(H,32,39)(H,33,38)/t18-,23-,24-/m0/s1. The maximum absolute atomic E-state index is 13.8. The molecular weight excluding hydrogens is 552 g/mol. The number of fused-ring (bicyclic) bond motifs is 1. The van der Waals surface area contributed by atoms with Crippen LogP contribution in [0.25, 0.3) is 0 Å². The van der Waals surface area contributed by atoms with E-state index in [1.165, 1.54) is 16.7 Å². The van der Waals surface area contributed by atoms with Crippen LogP contribution in [0.1, 0.15) is 36.8 Å². The van der Waals surface area contributed by atoms with E-state index in [0.29, 0.717) is 18.0 Å². The molecule has 2 aromatic rings. The minimum absolute atomic E-state index is 0.0244. The van der Waals surface area contributed by atoms with Crippen LogP contribution in [0.5, 0.6) is 0 Å². The monoisotopic (exact) mass is 582 g/mol. The fourth-order valence-electron chi connectivity index (χ4n) is 5.07. The van der Waals surface area contributed by atoms with Gasteiger partial charge in [-0.3, -0.25) is 24.0 Å². The first kappa shape index (κ1) is 28.2. The largest absolute Gasteiger partial charge is 0.356 e. The number of amides is 4. The summed E-state index contributed by atoms with van der Waals surface area (Å²) in [5.41, 5.74) is 1.90. The molecule has 2 aromatic carbocycles. The van der Waals surface area contributed by atoms with Crippen molar-refractivity contribution < 1.29 is 24.0 Å². The normalized spacial score (nSPS) is 20.7.